The summed E-state index contributed by atoms with van der Waals surface area (Å²) < 4.78 is 83.6. The molecular formula is C19H21F4N3O5S. The number of anilines is 1. The summed E-state index contributed by atoms with van der Waals surface area (Å²) in [5, 5.41) is 0.242. The van der Waals surface area contributed by atoms with Gasteiger partial charge in [-0.25, -0.2) is 14.2 Å². The fourth-order valence-corrected chi connectivity index (χ4v) is 3.43. The summed E-state index contributed by atoms with van der Waals surface area (Å²) in [6, 6.07) is 4.83. The number of piperazine rings is 1. The Hall–Kier alpha value is -2.83. The van der Waals surface area contributed by atoms with Crippen LogP contribution in [0, 0.1) is 5.82 Å². The molecule has 2 heterocycles. The van der Waals surface area contributed by atoms with Crippen LogP contribution in [-0.4, -0.2) is 61.7 Å². The van der Waals surface area contributed by atoms with Crippen LogP contribution in [0.2, 0.25) is 0 Å². The summed E-state index contributed by atoms with van der Waals surface area (Å²) in [5.74, 6) is -1.76. The van der Waals surface area contributed by atoms with Crippen molar-refractivity contribution in [3.05, 3.63) is 30.1 Å². The smallest absolute Gasteiger partial charge is 0.444 e. The molecule has 2 aromatic rings. The SMILES string of the molecule is CC(C)(C)OC(=O)N1CCN(c2cc(F)c3nc(OS(=O)(=O)C(F)(F)F)ccc3c2)CC1. The molecule has 32 heavy (non-hydrogen) atoms. The van der Waals surface area contributed by atoms with E-state index in [1.807, 2.05) is 4.90 Å². The molecule has 0 N–H and O–H groups in total. The number of carbonyl (C=O) groups excluding carboxylic acids is 1. The lowest BCUT2D eigenvalue weighted by atomic mass is 10.1. The summed E-state index contributed by atoms with van der Waals surface area (Å²) in [4.78, 5) is 19.1. The number of rotatable bonds is 3. The van der Waals surface area contributed by atoms with Crippen molar-refractivity contribution in [3.63, 3.8) is 0 Å². The van der Waals surface area contributed by atoms with E-state index in [0.717, 1.165) is 12.1 Å². The van der Waals surface area contributed by atoms with Crippen molar-refractivity contribution in [3.8, 4) is 5.88 Å². The van der Waals surface area contributed by atoms with Crippen LogP contribution in [-0.2, 0) is 14.9 Å². The van der Waals surface area contributed by atoms with Crippen molar-refractivity contribution in [2.24, 2.45) is 0 Å². The van der Waals surface area contributed by atoms with E-state index in [9.17, 15) is 30.8 Å². The summed E-state index contributed by atoms with van der Waals surface area (Å²) >= 11 is 0. The Morgan fingerprint density at radius 2 is 1.69 bits per heavy atom. The Kier molecular flexibility index (Phi) is 6.15. The van der Waals surface area contributed by atoms with Crippen LogP contribution >= 0.6 is 0 Å². The molecule has 1 aliphatic rings. The fourth-order valence-electron chi connectivity index (χ4n) is 3.02. The fraction of sp³-hybridized carbons (Fsp3) is 0.474. The number of hydrogen-bond donors (Lipinski definition) is 0. The molecular weight excluding hydrogens is 458 g/mol. The van der Waals surface area contributed by atoms with Crippen molar-refractivity contribution >= 4 is 32.8 Å². The third kappa shape index (κ3) is 5.31. The minimum absolute atomic E-state index is 0.242. The van der Waals surface area contributed by atoms with Crippen LogP contribution in [0.3, 0.4) is 0 Å². The van der Waals surface area contributed by atoms with Gasteiger partial charge in [0.2, 0.25) is 5.88 Å². The van der Waals surface area contributed by atoms with Crippen LogP contribution in [0.25, 0.3) is 10.9 Å². The molecule has 1 saturated heterocycles. The van der Waals surface area contributed by atoms with Crippen LogP contribution in [0.1, 0.15) is 20.8 Å². The van der Waals surface area contributed by atoms with Gasteiger partial charge in [-0.3, -0.25) is 0 Å². The Bertz CT molecular complexity index is 1120. The van der Waals surface area contributed by atoms with E-state index in [4.69, 9.17) is 4.74 Å². The normalized spacial score (nSPS) is 15.7. The first kappa shape index (κ1) is 23.8. The number of pyridine rings is 1. The summed E-state index contributed by atoms with van der Waals surface area (Å²) in [7, 11) is -5.92. The third-order valence-corrected chi connectivity index (χ3v) is 5.44. The number of benzene rings is 1. The Labute approximate surface area is 181 Å². The highest BCUT2D eigenvalue weighted by Crippen LogP contribution is 2.30. The molecule has 3 rings (SSSR count). The van der Waals surface area contributed by atoms with Crippen LogP contribution in [0.15, 0.2) is 24.3 Å². The van der Waals surface area contributed by atoms with Gasteiger partial charge < -0.3 is 18.7 Å². The highest BCUT2D eigenvalue weighted by molar-refractivity contribution is 7.87. The van der Waals surface area contributed by atoms with Crippen LogP contribution in [0.4, 0.5) is 28.0 Å². The Balaban J connectivity index is 1.76. The van der Waals surface area contributed by atoms with Crippen molar-refractivity contribution < 1.29 is 39.7 Å². The lowest BCUT2D eigenvalue weighted by Gasteiger charge is -2.36. The van der Waals surface area contributed by atoms with E-state index in [1.54, 1.807) is 31.7 Å². The first-order valence-electron chi connectivity index (χ1n) is 9.50. The quantitative estimate of drug-likeness (QED) is 0.377. The lowest BCUT2D eigenvalue weighted by molar-refractivity contribution is -0.0501. The number of alkyl halides is 3. The van der Waals surface area contributed by atoms with Gasteiger partial charge in [0, 0.05) is 43.3 Å². The second-order valence-corrected chi connectivity index (χ2v) is 9.62. The predicted molar refractivity (Wildman–Crippen MR) is 107 cm³/mol. The maximum atomic E-state index is 14.6. The predicted octanol–water partition coefficient (Wildman–Crippen LogP) is 3.66. The van der Waals surface area contributed by atoms with E-state index in [1.165, 1.54) is 6.07 Å². The molecule has 0 atom stereocenters. The van der Waals surface area contributed by atoms with E-state index in [0.29, 0.717) is 31.9 Å². The van der Waals surface area contributed by atoms with Gasteiger partial charge >= 0.3 is 21.7 Å². The second kappa shape index (κ2) is 8.26. The van der Waals surface area contributed by atoms with Crippen molar-refractivity contribution in [1.29, 1.82) is 0 Å². The van der Waals surface area contributed by atoms with Crippen molar-refractivity contribution in [1.82, 2.24) is 9.88 Å². The average molecular weight is 479 g/mol. The second-order valence-electron chi connectivity index (χ2n) is 8.09. The Morgan fingerprint density at radius 1 is 1.06 bits per heavy atom. The Morgan fingerprint density at radius 3 is 2.25 bits per heavy atom. The van der Waals surface area contributed by atoms with Gasteiger partial charge in [-0.05, 0) is 39.0 Å². The molecule has 0 radical (unpaired) electrons. The summed E-state index contributed by atoms with van der Waals surface area (Å²) in [6.07, 6.45) is -0.438. The van der Waals surface area contributed by atoms with Gasteiger partial charge in [-0.1, -0.05) is 0 Å². The first-order valence-corrected chi connectivity index (χ1v) is 10.9. The molecule has 8 nitrogen and oxygen atoms in total. The number of aromatic nitrogens is 1. The number of amides is 1. The average Bonchev–Trinajstić information content (AvgIpc) is 2.66. The molecule has 1 aromatic heterocycles. The molecule has 176 valence electrons. The van der Waals surface area contributed by atoms with Gasteiger partial charge in [0.25, 0.3) is 0 Å². The van der Waals surface area contributed by atoms with E-state index in [2.05, 4.69) is 9.17 Å². The number of ether oxygens (including phenoxy) is 1. The largest absolute Gasteiger partial charge is 0.534 e. The number of hydrogen-bond acceptors (Lipinski definition) is 7. The van der Waals surface area contributed by atoms with Crippen molar-refractivity contribution in [2.75, 3.05) is 31.1 Å². The van der Waals surface area contributed by atoms with Gasteiger partial charge in [0.05, 0.1) is 0 Å². The molecule has 0 saturated carbocycles. The van der Waals surface area contributed by atoms with Gasteiger partial charge in [-0.2, -0.15) is 21.6 Å². The number of carbonyl (C=O) groups is 1. The topological polar surface area (TPSA) is 89.0 Å². The maximum absolute atomic E-state index is 14.6. The van der Waals surface area contributed by atoms with Crippen LogP contribution < -0.4 is 9.08 Å². The number of halogens is 4. The molecule has 1 aromatic carbocycles. The molecule has 1 aliphatic heterocycles. The monoisotopic (exact) mass is 479 g/mol. The van der Waals surface area contributed by atoms with E-state index >= 15 is 0 Å². The van der Waals surface area contributed by atoms with Gasteiger partial charge in [-0.15, -0.1) is 0 Å². The maximum Gasteiger partial charge on any atom is 0.534 e. The highest BCUT2D eigenvalue weighted by Gasteiger charge is 2.48. The van der Waals surface area contributed by atoms with Crippen LogP contribution in [0.5, 0.6) is 5.88 Å². The molecule has 0 spiro atoms. The minimum Gasteiger partial charge on any atom is -0.444 e. The molecule has 0 unspecified atom stereocenters. The van der Waals surface area contributed by atoms with E-state index < -0.39 is 39.0 Å². The lowest BCUT2D eigenvalue weighted by Crippen LogP contribution is -2.50. The zero-order chi connectivity index (χ0) is 23.9. The highest BCUT2D eigenvalue weighted by atomic mass is 32.2. The summed E-state index contributed by atoms with van der Waals surface area (Å²) in [5.41, 5.74) is -6.11. The number of nitrogens with zero attached hydrogens (tertiary/aromatic N) is 3. The summed E-state index contributed by atoms with van der Waals surface area (Å²) in [6.45, 7) is 6.82. The zero-order valence-electron chi connectivity index (χ0n) is 17.4. The molecule has 1 fully saturated rings. The molecule has 0 bridgehead atoms. The zero-order valence-corrected chi connectivity index (χ0v) is 18.3. The first-order chi connectivity index (χ1) is 14.7. The molecule has 1 amide bonds. The third-order valence-electron chi connectivity index (χ3n) is 4.48. The molecule has 0 aliphatic carbocycles. The minimum atomic E-state index is -5.92. The molecule has 13 heteroatoms. The van der Waals surface area contributed by atoms with Gasteiger partial charge in [0.1, 0.15) is 11.1 Å². The van der Waals surface area contributed by atoms with Gasteiger partial charge in [0.15, 0.2) is 5.82 Å². The van der Waals surface area contributed by atoms with Crippen molar-refractivity contribution in [2.45, 2.75) is 31.9 Å². The standard InChI is InChI=1S/C19H21F4N3O5S/c1-18(2,3)30-17(27)26-8-6-25(7-9-26)13-10-12-4-5-15(24-16(12)14(20)11-13)31-32(28,29)19(21,22)23/h4-5,10-11H,6-9H2,1-3H3. The number of fused-ring (bicyclic) bond motifs is 1. The van der Waals surface area contributed by atoms with E-state index in [-0.39, 0.29) is 10.9 Å².